The van der Waals surface area contributed by atoms with Crippen LogP contribution in [0.3, 0.4) is 0 Å². The predicted octanol–water partition coefficient (Wildman–Crippen LogP) is 6.42. The highest BCUT2D eigenvalue weighted by Crippen LogP contribution is 2.36. The second kappa shape index (κ2) is 11.7. The van der Waals surface area contributed by atoms with Crippen LogP contribution in [0.25, 0.3) is 17.3 Å². The van der Waals surface area contributed by atoms with Gasteiger partial charge in [-0.1, -0.05) is 13.3 Å². The van der Waals surface area contributed by atoms with Crippen LogP contribution in [0, 0.1) is 0 Å². The standard InChI is InChI=1S/C24H25BrN2O4S/c1-4-5-12-31-18-9-7-17(8-10-18)20-15-32-24(26-20)27-22(28)11-6-16-13-19(25)23(30-3)21(14-16)29-2/h6-11,13-15H,4-5,12H2,1-3H3,(H,26,27,28). The normalized spacial score (nSPS) is 10.9. The Labute approximate surface area is 200 Å². The van der Waals surface area contributed by atoms with Crippen LogP contribution in [0.2, 0.25) is 0 Å². The van der Waals surface area contributed by atoms with Crippen molar-refractivity contribution in [1.29, 1.82) is 0 Å². The Hall–Kier alpha value is -2.84. The molecule has 3 rings (SSSR count). The van der Waals surface area contributed by atoms with Gasteiger partial charge in [0.15, 0.2) is 16.6 Å². The molecule has 1 heterocycles. The zero-order valence-corrected chi connectivity index (χ0v) is 20.6. The van der Waals surface area contributed by atoms with E-state index in [1.165, 1.54) is 17.4 Å². The Kier molecular flexibility index (Phi) is 8.70. The Bertz CT molecular complexity index is 1080. The molecule has 0 spiro atoms. The van der Waals surface area contributed by atoms with Gasteiger partial charge < -0.3 is 14.2 Å². The molecule has 6 nitrogen and oxygen atoms in total. The predicted molar refractivity (Wildman–Crippen MR) is 133 cm³/mol. The minimum absolute atomic E-state index is 0.267. The quantitative estimate of drug-likeness (QED) is 0.248. The number of nitrogens with zero attached hydrogens (tertiary/aromatic N) is 1. The highest BCUT2D eigenvalue weighted by atomic mass is 79.9. The largest absolute Gasteiger partial charge is 0.494 e. The highest BCUT2D eigenvalue weighted by Gasteiger charge is 2.10. The fourth-order valence-corrected chi connectivity index (χ4v) is 4.22. The lowest BCUT2D eigenvalue weighted by atomic mass is 10.2. The van der Waals surface area contributed by atoms with E-state index in [-0.39, 0.29) is 5.91 Å². The topological polar surface area (TPSA) is 69.7 Å². The first kappa shape index (κ1) is 23.8. The van der Waals surface area contributed by atoms with E-state index in [9.17, 15) is 4.79 Å². The van der Waals surface area contributed by atoms with E-state index in [1.54, 1.807) is 26.4 Å². The molecular weight excluding hydrogens is 492 g/mol. The number of hydrogen-bond acceptors (Lipinski definition) is 6. The molecule has 1 N–H and O–H groups in total. The van der Waals surface area contributed by atoms with Crippen molar-refractivity contribution in [3.05, 3.63) is 57.9 Å². The van der Waals surface area contributed by atoms with E-state index < -0.39 is 0 Å². The molecule has 0 saturated carbocycles. The van der Waals surface area contributed by atoms with Crippen LogP contribution in [0.15, 0.2) is 52.3 Å². The van der Waals surface area contributed by atoms with Crippen molar-refractivity contribution >= 4 is 44.4 Å². The van der Waals surface area contributed by atoms with Crippen molar-refractivity contribution in [3.63, 3.8) is 0 Å². The SMILES string of the molecule is CCCCOc1ccc(-c2csc(NC(=O)C=Cc3cc(Br)c(OC)c(OC)c3)n2)cc1. The van der Waals surface area contributed by atoms with Gasteiger partial charge in [-0.2, -0.15) is 0 Å². The third kappa shape index (κ3) is 6.34. The number of anilines is 1. The Balaban J connectivity index is 1.62. The maximum absolute atomic E-state index is 12.3. The lowest BCUT2D eigenvalue weighted by Gasteiger charge is -2.10. The summed E-state index contributed by atoms with van der Waals surface area (Å²) in [6.07, 6.45) is 5.30. The van der Waals surface area contributed by atoms with Crippen LogP contribution in [0.4, 0.5) is 5.13 Å². The zero-order chi connectivity index (χ0) is 22.9. The number of halogens is 1. The molecule has 0 atom stereocenters. The van der Waals surface area contributed by atoms with Crippen LogP contribution < -0.4 is 19.5 Å². The van der Waals surface area contributed by atoms with Gasteiger partial charge in [0.05, 0.1) is 31.0 Å². The Morgan fingerprint density at radius 1 is 1.19 bits per heavy atom. The molecule has 0 aliphatic heterocycles. The van der Waals surface area contributed by atoms with Crippen LogP contribution in [-0.2, 0) is 4.79 Å². The summed E-state index contributed by atoms with van der Waals surface area (Å²) in [5.41, 5.74) is 2.57. The first-order valence-electron chi connectivity index (χ1n) is 10.1. The zero-order valence-electron chi connectivity index (χ0n) is 18.2. The number of ether oxygens (including phenoxy) is 3. The van der Waals surface area contributed by atoms with E-state index in [0.717, 1.165) is 46.5 Å². The third-order valence-electron chi connectivity index (χ3n) is 4.53. The van der Waals surface area contributed by atoms with Crippen molar-refractivity contribution in [1.82, 2.24) is 4.98 Å². The second-order valence-electron chi connectivity index (χ2n) is 6.83. The Morgan fingerprint density at radius 3 is 2.66 bits per heavy atom. The summed E-state index contributed by atoms with van der Waals surface area (Å²) in [7, 11) is 3.14. The highest BCUT2D eigenvalue weighted by molar-refractivity contribution is 9.10. The van der Waals surface area contributed by atoms with Crippen molar-refractivity contribution in [3.8, 4) is 28.5 Å². The number of amides is 1. The van der Waals surface area contributed by atoms with Gasteiger partial charge in [-0.15, -0.1) is 11.3 Å². The fourth-order valence-electron chi connectivity index (χ4n) is 2.87. The number of rotatable bonds is 10. The third-order valence-corrected chi connectivity index (χ3v) is 5.88. The van der Waals surface area contributed by atoms with E-state index in [0.29, 0.717) is 16.6 Å². The average Bonchev–Trinajstić information content (AvgIpc) is 3.26. The van der Waals surface area contributed by atoms with Gasteiger partial charge in [0, 0.05) is 17.0 Å². The molecule has 3 aromatic rings. The molecule has 168 valence electrons. The summed E-state index contributed by atoms with van der Waals surface area (Å²) in [6.45, 7) is 2.85. The summed E-state index contributed by atoms with van der Waals surface area (Å²) in [4.78, 5) is 16.9. The van der Waals surface area contributed by atoms with E-state index in [1.807, 2.05) is 35.7 Å². The number of nitrogens with one attached hydrogen (secondary N) is 1. The second-order valence-corrected chi connectivity index (χ2v) is 8.54. The minimum atomic E-state index is -0.267. The first-order chi connectivity index (χ1) is 15.5. The maximum atomic E-state index is 12.3. The minimum Gasteiger partial charge on any atom is -0.494 e. The summed E-state index contributed by atoms with van der Waals surface area (Å²) in [5, 5.41) is 5.25. The molecule has 0 aliphatic carbocycles. The molecule has 2 aromatic carbocycles. The monoisotopic (exact) mass is 516 g/mol. The molecule has 1 aromatic heterocycles. The van der Waals surface area contributed by atoms with Crippen molar-refractivity contribution in [2.75, 3.05) is 26.1 Å². The molecule has 1 amide bonds. The van der Waals surface area contributed by atoms with Crippen LogP contribution in [0.1, 0.15) is 25.3 Å². The number of carbonyl (C=O) groups is 1. The van der Waals surface area contributed by atoms with Crippen LogP contribution in [-0.4, -0.2) is 31.7 Å². The fraction of sp³-hybridized carbons (Fsp3) is 0.250. The van der Waals surface area contributed by atoms with Gasteiger partial charge in [0.1, 0.15) is 5.75 Å². The van der Waals surface area contributed by atoms with Gasteiger partial charge in [-0.3, -0.25) is 10.1 Å². The smallest absolute Gasteiger partial charge is 0.250 e. The van der Waals surface area contributed by atoms with E-state index in [2.05, 4.69) is 33.2 Å². The molecule has 0 saturated heterocycles. The lowest BCUT2D eigenvalue weighted by molar-refractivity contribution is -0.111. The van der Waals surface area contributed by atoms with Crippen molar-refractivity contribution in [2.45, 2.75) is 19.8 Å². The van der Waals surface area contributed by atoms with Gasteiger partial charge >= 0.3 is 0 Å². The number of benzene rings is 2. The molecule has 0 fully saturated rings. The lowest BCUT2D eigenvalue weighted by Crippen LogP contribution is -2.07. The van der Waals surface area contributed by atoms with Crippen molar-refractivity contribution < 1.29 is 19.0 Å². The van der Waals surface area contributed by atoms with Gasteiger partial charge in [-0.05, 0) is 70.4 Å². The molecular formula is C24H25BrN2O4S. The van der Waals surface area contributed by atoms with E-state index in [4.69, 9.17) is 14.2 Å². The van der Waals surface area contributed by atoms with Crippen molar-refractivity contribution in [2.24, 2.45) is 0 Å². The van der Waals surface area contributed by atoms with Gasteiger partial charge in [0.25, 0.3) is 0 Å². The summed E-state index contributed by atoms with van der Waals surface area (Å²) in [5.74, 6) is 1.76. The number of methoxy groups -OCH3 is 2. The van der Waals surface area contributed by atoms with Crippen LogP contribution >= 0.6 is 27.3 Å². The number of aromatic nitrogens is 1. The number of unbranched alkanes of at least 4 members (excludes halogenated alkanes) is 1. The first-order valence-corrected chi connectivity index (χ1v) is 11.8. The number of thiazole rings is 1. The Morgan fingerprint density at radius 2 is 1.97 bits per heavy atom. The van der Waals surface area contributed by atoms with E-state index >= 15 is 0 Å². The van der Waals surface area contributed by atoms with Gasteiger partial charge in [0.2, 0.25) is 5.91 Å². The maximum Gasteiger partial charge on any atom is 0.250 e. The molecule has 0 bridgehead atoms. The summed E-state index contributed by atoms with van der Waals surface area (Å²) >= 11 is 4.83. The van der Waals surface area contributed by atoms with Crippen LogP contribution in [0.5, 0.6) is 17.2 Å². The molecule has 0 unspecified atom stereocenters. The summed E-state index contributed by atoms with van der Waals surface area (Å²) < 4.78 is 17.1. The molecule has 8 heteroatoms. The molecule has 0 radical (unpaired) electrons. The molecule has 0 aliphatic rings. The number of hydrogen-bond donors (Lipinski definition) is 1. The number of carbonyl (C=O) groups excluding carboxylic acids is 1. The average molecular weight is 517 g/mol. The van der Waals surface area contributed by atoms with Gasteiger partial charge in [-0.25, -0.2) is 4.98 Å². The molecule has 32 heavy (non-hydrogen) atoms. The summed E-state index contributed by atoms with van der Waals surface area (Å²) in [6, 6.07) is 11.5.